The van der Waals surface area contributed by atoms with E-state index in [2.05, 4.69) is 116 Å². The topological polar surface area (TPSA) is 40.5 Å². The predicted molar refractivity (Wildman–Crippen MR) is 157 cm³/mol. The van der Waals surface area contributed by atoms with Crippen LogP contribution in [0.2, 0.25) is 0 Å². The lowest BCUT2D eigenvalue weighted by Crippen LogP contribution is -2.12. The summed E-state index contributed by atoms with van der Waals surface area (Å²) in [6.45, 7) is 17.0. The molecule has 0 radical (unpaired) electrons. The quantitative estimate of drug-likeness (QED) is 0.298. The van der Waals surface area contributed by atoms with E-state index in [1.54, 1.807) is 0 Å². The molecule has 2 N–H and O–H groups in total. The Morgan fingerprint density at radius 3 is 1.22 bits per heavy atom. The molecule has 0 aliphatic heterocycles. The Labute approximate surface area is 222 Å². The van der Waals surface area contributed by atoms with Crippen molar-refractivity contribution < 1.29 is 10.2 Å². The highest BCUT2D eigenvalue weighted by Crippen LogP contribution is 2.43. The number of benzene rings is 4. The number of phenols is 2. The molecule has 2 heteroatoms. The Balaban J connectivity index is 1.87. The molecule has 0 saturated heterocycles. The number of hydrogen-bond acceptors (Lipinski definition) is 2. The Kier molecular flexibility index (Phi) is 6.99. The maximum absolute atomic E-state index is 11.4. The fraction of sp³-hybridized carbons (Fsp3) is 0.314. The van der Waals surface area contributed by atoms with Crippen molar-refractivity contribution in [1.29, 1.82) is 0 Å². The third-order valence-corrected chi connectivity index (χ3v) is 7.12. The van der Waals surface area contributed by atoms with Crippen molar-refractivity contribution in [2.75, 3.05) is 0 Å². The second-order valence-corrected chi connectivity index (χ2v) is 12.4. The molecule has 4 aromatic rings. The molecule has 192 valence electrons. The molecule has 4 rings (SSSR count). The van der Waals surface area contributed by atoms with Crippen molar-refractivity contribution in [3.05, 3.63) is 106 Å². The molecule has 0 aliphatic rings. The minimum absolute atomic E-state index is 0.167. The van der Waals surface area contributed by atoms with Gasteiger partial charge < -0.3 is 10.2 Å². The van der Waals surface area contributed by atoms with Gasteiger partial charge in [-0.15, -0.1) is 0 Å². The minimum atomic E-state index is -0.167. The Bertz CT molecular complexity index is 1330. The molecule has 0 fully saturated rings. The van der Waals surface area contributed by atoms with Crippen LogP contribution in [0.5, 0.6) is 11.5 Å². The van der Waals surface area contributed by atoms with Crippen LogP contribution in [0.15, 0.2) is 72.8 Å². The van der Waals surface area contributed by atoms with Crippen LogP contribution < -0.4 is 0 Å². The average molecular weight is 493 g/mol. The van der Waals surface area contributed by atoms with E-state index in [0.717, 1.165) is 55.6 Å². The summed E-state index contributed by atoms with van der Waals surface area (Å²) in [6.07, 6.45) is 0.683. The molecule has 0 aliphatic carbocycles. The zero-order valence-corrected chi connectivity index (χ0v) is 23.5. The molecule has 0 saturated carbocycles. The van der Waals surface area contributed by atoms with Gasteiger partial charge in [-0.1, -0.05) is 102 Å². The fourth-order valence-electron chi connectivity index (χ4n) is 5.19. The smallest absolute Gasteiger partial charge is 0.127 e. The van der Waals surface area contributed by atoms with Crippen LogP contribution in [0, 0.1) is 13.8 Å². The largest absolute Gasteiger partial charge is 0.507 e. The van der Waals surface area contributed by atoms with E-state index in [4.69, 9.17) is 0 Å². The monoisotopic (exact) mass is 492 g/mol. The van der Waals surface area contributed by atoms with Crippen LogP contribution in [0.3, 0.4) is 0 Å². The van der Waals surface area contributed by atoms with Crippen molar-refractivity contribution in [2.24, 2.45) is 0 Å². The normalized spacial score (nSPS) is 12.1. The third kappa shape index (κ3) is 5.44. The third-order valence-electron chi connectivity index (χ3n) is 7.12. The zero-order valence-electron chi connectivity index (χ0n) is 23.5. The summed E-state index contributed by atoms with van der Waals surface area (Å²) in [5, 5.41) is 22.7. The van der Waals surface area contributed by atoms with E-state index in [1.807, 2.05) is 12.1 Å². The maximum atomic E-state index is 11.4. The van der Waals surface area contributed by atoms with Gasteiger partial charge in [0.1, 0.15) is 11.5 Å². The molecule has 4 aromatic carbocycles. The van der Waals surface area contributed by atoms with E-state index in [1.165, 1.54) is 0 Å². The minimum Gasteiger partial charge on any atom is -0.507 e. The van der Waals surface area contributed by atoms with Crippen LogP contribution >= 0.6 is 0 Å². The van der Waals surface area contributed by atoms with Gasteiger partial charge in [0.15, 0.2) is 0 Å². The molecule has 0 atom stereocenters. The van der Waals surface area contributed by atoms with Crippen LogP contribution in [-0.2, 0) is 17.3 Å². The number of aryl methyl sites for hydroxylation is 2. The van der Waals surface area contributed by atoms with Gasteiger partial charge in [0.25, 0.3) is 0 Å². The van der Waals surface area contributed by atoms with Gasteiger partial charge in [-0.2, -0.15) is 0 Å². The first-order valence-corrected chi connectivity index (χ1v) is 13.1. The average Bonchev–Trinajstić information content (AvgIpc) is 2.81. The van der Waals surface area contributed by atoms with E-state index >= 15 is 0 Å². The second kappa shape index (κ2) is 9.74. The summed E-state index contributed by atoms with van der Waals surface area (Å²) >= 11 is 0. The van der Waals surface area contributed by atoms with Crippen molar-refractivity contribution >= 4 is 0 Å². The summed E-state index contributed by atoms with van der Waals surface area (Å²) in [5.41, 5.74) is 9.92. The van der Waals surface area contributed by atoms with Crippen LogP contribution in [0.1, 0.15) is 74.9 Å². The molecule has 0 aromatic heterocycles. The molecule has 2 nitrogen and oxygen atoms in total. The van der Waals surface area contributed by atoms with Gasteiger partial charge in [-0.25, -0.2) is 0 Å². The SMILES string of the molecule is Cc1cc(-c2ccccc2Cc2ccccc2-c2cc(C)cc(C(C)(C)C)c2O)c(O)c(C(C)(C)C)c1. The Hall–Kier alpha value is -3.52. The fourth-order valence-corrected chi connectivity index (χ4v) is 5.19. The summed E-state index contributed by atoms with van der Waals surface area (Å²) in [4.78, 5) is 0. The molecule has 37 heavy (non-hydrogen) atoms. The van der Waals surface area contributed by atoms with Crippen LogP contribution in [0.25, 0.3) is 22.3 Å². The molecule has 0 unspecified atom stereocenters. The maximum Gasteiger partial charge on any atom is 0.127 e. The predicted octanol–water partition coefficient (Wildman–Crippen LogP) is 9.23. The van der Waals surface area contributed by atoms with Gasteiger partial charge in [0, 0.05) is 22.3 Å². The number of rotatable bonds is 4. The summed E-state index contributed by atoms with van der Waals surface area (Å²) < 4.78 is 0. The number of phenolic OH excluding ortho intramolecular Hbond substituents is 2. The van der Waals surface area contributed by atoms with Gasteiger partial charge in [0.2, 0.25) is 0 Å². The lowest BCUT2D eigenvalue weighted by atomic mass is 9.81. The van der Waals surface area contributed by atoms with Crippen LogP contribution in [0.4, 0.5) is 0 Å². The van der Waals surface area contributed by atoms with Crippen molar-refractivity contribution in [3.8, 4) is 33.8 Å². The second-order valence-electron chi connectivity index (χ2n) is 12.4. The molecular weight excluding hydrogens is 452 g/mol. The first-order valence-electron chi connectivity index (χ1n) is 13.1. The first-order chi connectivity index (χ1) is 17.3. The highest BCUT2D eigenvalue weighted by atomic mass is 16.3. The number of hydrogen-bond donors (Lipinski definition) is 2. The summed E-state index contributed by atoms with van der Waals surface area (Å²) in [6, 6.07) is 25.0. The van der Waals surface area contributed by atoms with E-state index < -0.39 is 0 Å². The van der Waals surface area contributed by atoms with Gasteiger partial charge in [-0.05, 0) is 76.6 Å². The first kappa shape index (κ1) is 26.5. The van der Waals surface area contributed by atoms with E-state index in [0.29, 0.717) is 17.9 Å². The van der Waals surface area contributed by atoms with E-state index in [-0.39, 0.29) is 10.8 Å². The van der Waals surface area contributed by atoms with Gasteiger partial charge in [0.05, 0.1) is 0 Å². The zero-order chi connectivity index (χ0) is 27.1. The molecule has 0 spiro atoms. The number of aromatic hydroxyl groups is 2. The van der Waals surface area contributed by atoms with Crippen molar-refractivity contribution in [2.45, 2.75) is 72.6 Å². The standard InChI is InChI=1S/C35H40O2/c1-22-17-28(32(36)30(19-22)34(3,4)5)26-15-11-9-13-24(26)21-25-14-10-12-16-27(25)29-18-23(2)20-31(33(29)37)35(6,7)8/h9-20,36-37H,21H2,1-8H3. The lowest BCUT2D eigenvalue weighted by molar-refractivity contribution is 0.447. The van der Waals surface area contributed by atoms with E-state index in [9.17, 15) is 10.2 Å². The molecule has 0 bridgehead atoms. The van der Waals surface area contributed by atoms with Crippen LogP contribution in [-0.4, -0.2) is 10.2 Å². The highest BCUT2D eigenvalue weighted by Gasteiger charge is 2.24. The lowest BCUT2D eigenvalue weighted by Gasteiger charge is -2.24. The van der Waals surface area contributed by atoms with Crippen molar-refractivity contribution in [3.63, 3.8) is 0 Å². The van der Waals surface area contributed by atoms with Gasteiger partial charge >= 0.3 is 0 Å². The summed E-state index contributed by atoms with van der Waals surface area (Å²) in [7, 11) is 0. The Morgan fingerprint density at radius 1 is 0.514 bits per heavy atom. The van der Waals surface area contributed by atoms with Crippen molar-refractivity contribution in [1.82, 2.24) is 0 Å². The molecule has 0 amide bonds. The molecule has 0 heterocycles. The van der Waals surface area contributed by atoms with Gasteiger partial charge in [-0.3, -0.25) is 0 Å². The highest BCUT2D eigenvalue weighted by molar-refractivity contribution is 5.79. The molecular formula is C35H40O2. The summed E-state index contributed by atoms with van der Waals surface area (Å²) in [5.74, 6) is 0.704. The Morgan fingerprint density at radius 2 is 0.865 bits per heavy atom.